The van der Waals surface area contributed by atoms with Gasteiger partial charge in [0.05, 0.1) is 6.10 Å². The van der Waals surface area contributed by atoms with E-state index in [1.807, 2.05) is 0 Å². The zero-order valence-corrected chi connectivity index (χ0v) is 9.15. The number of rotatable bonds is 1. The lowest BCUT2D eigenvalue weighted by molar-refractivity contribution is 0.0249. The molecule has 1 unspecified atom stereocenters. The summed E-state index contributed by atoms with van der Waals surface area (Å²) >= 11 is 0. The van der Waals surface area contributed by atoms with Gasteiger partial charge in [0.15, 0.2) is 0 Å². The third-order valence-electron chi connectivity index (χ3n) is 3.54. The first-order valence-electron chi connectivity index (χ1n) is 5.86. The zero-order valence-electron chi connectivity index (χ0n) is 9.15. The predicted octanol–water partition coefficient (Wildman–Crippen LogP) is 0.537. The van der Waals surface area contributed by atoms with E-state index in [2.05, 4.69) is 16.8 Å². The molecule has 82 valence electrons. The van der Waals surface area contributed by atoms with Gasteiger partial charge in [0, 0.05) is 19.1 Å². The number of likely N-dealkylation sites (N-methyl/N-ethyl adjacent to an activating group) is 1. The van der Waals surface area contributed by atoms with Gasteiger partial charge in [-0.3, -0.25) is 4.90 Å². The molecule has 2 aliphatic heterocycles. The monoisotopic (exact) mass is 198 g/mol. The first-order chi connectivity index (χ1) is 6.75. The van der Waals surface area contributed by atoms with Crippen LogP contribution >= 0.6 is 0 Å². The van der Waals surface area contributed by atoms with Gasteiger partial charge in [-0.25, -0.2) is 0 Å². The summed E-state index contributed by atoms with van der Waals surface area (Å²) in [6.45, 7) is 4.52. The topological polar surface area (TPSA) is 26.7 Å². The van der Waals surface area contributed by atoms with E-state index in [9.17, 15) is 5.11 Å². The highest BCUT2D eigenvalue weighted by Gasteiger charge is 2.27. The van der Waals surface area contributed by atoms with E-state index in [-0.39, 0.29) is 6.10 Å². The molecule has 2 atom stereocenters. The highest BCUT2D eigenvalue weighted by atomic mass is 16.3. The Morgan fingerprint density at radius 3 is 2.57 bits per heavy atom. The number of aliphatic hydroxyl groups excluding tert-OH is 1. The molecule has 3 nitrogen and oxygen atoms in total. The number of likely N-dealkylation sites (tertiary alicyclic amines) is 2. The molecule has 14 heavy (non-hydrogen) atoms. The second-order valence-electron chi connectivity index (χ2n) is 4.85. The third kappa shape index (κ3) is 2.47. The van der Waals surface area contributed by atoms with E-state index in [4.69, 9.17) is 0 Å². The molecule has 0 aromatic rings. The smallest absolute Gasteiger partial charge is 0.0667 e. The number of aliphatic hydroxyl groups is 1. The van der Waals surface area contributed by atoms with Crippen molar-refractivity contribution < 1.29 is 5.11 Å². The summed E-state index contributed by atoms with van der Waals surface area (Å²) in [5.74, 6) is 0. The zero-order chi connectivity index (χ0) is 9.97. The fourth-order valence-corrected chi connectivity index (χ4v) is 2.75. The Kier molecular flexibility index (Phi) is 3.42. The quantitative estimate of drug-likeness (QED) is 0.666. The molecule has 2 heterocycles. The van der Waals surface area contributed by atoms with Gasteiger partial charge in [0.1, 0.15) is 0 Å². The van der Waals surface area contributed by atoms with Crippen LogP contribution in [-0.2, 0) is 0 Å². The van der Waals surface area contributed by atoms with Crippen molar-refractivity contribution in [1.82, 2.24) is 9.80 Å². The molecule has 1 N–H and O–H groups in total. The Morgan fingerprint density at radius 1 is 1.07 bits per heavy atom. The molecule has 0 bridgehead atoms. The van der Waals surface area contributed by atoms with Crippen molar-refractivity contribution in [3.8, 4) is 0 Å². The maximum atomic E-state index is 9.62. The maximum Gasteiger partial charge on any atom is 0.0667 e. The molecule has 2 rings (SSSR count). The van der Waals surface area contributed by atoms with Crippen LogP contribution < -0.4 is 0 Å². The SMILES string of the molecule is CN1CCCC(N2CCC[C@@H](O)C2)C1. The lowest BCUT2D eigenvalue weighted by Crippen LogP contribution is -2.51. The van der Waals surface area contributed by atoms with Gasteiger partial charge in [-0.2, -0.15) is 0 Å². The lowest BCUT2D eigenvalue weighted by atomic mass is 10.0. The highest BCUT2D eigenvalue weighted by Crippen LogP contribution is 2.19. The van der Waals surface area contributed by atoms with Crippen molar-refractivity contribution in [3.63, 3.8) is 0 Å². The second kappa shape index (κ2) is 4.60. The van der Waals surface area contributed by atoms with Crippen molar-refractivity contribution in [1.29, 1.82) is 0 Å². The molecule has 3 heteroatoms. The Morgan fingerprint density at radius 2 is 1.86 bits per heavy atom. The molecular weight excluding hydrogens is 176 g/mol. The summed E-state index contributed by atoms with van der Waals surface area (Å²) in [6, 6.07) is 0.698. The standard InChI is InChI=1S/C11H22N2O/c1-12-6-2-4-10(8-12)13-7-3-5-11(14)9-13/h10-11,14H,2-9H2,1H3/t10?,11-/m1/s1. The van der Waals surface area contributed by atoms with Crippen molar-refractivity contribution >= 4 is 0 Å². The number of hydrogen-bond donors (Lipinski definition) is 1. The minimum Gasteiger partial charge on any atom is -0.392 e. The van der Waals surface area contributed by atoms with E-state index in [0.29, 0.717) is 6.04 Å². The average molecular weight is 198 g/mol. The molecule has 2 aliphatic rings. The van der Waals surface area contributed by atoms with Crippen LogP contribution in [0.3, 0.4) is 0 Å². The van der Waals surface area contributed by atoms with Gasteiger partial charge in [-0.1, -0.05) is 0 Å². The average Bonchev–Trinajstić information content (AvgIpc) is 2.18. The summed E-state index contributed by atoms with van der Waals surface area (Å²) in [5.41, 5.74) is 0. The van der Waals surface area contributed by atoms with Crippen LogP contribution in [0, 0.1) is 0 Å². The largest absolute Gasteiger partial charge is 0.392 e. The van der Waals surface area contributed by atoms with Crippen molar-refractivity contribution in [2.45, 2.75) is 37.8 Å². The van der Waals surface area contributed by atoms with E-state index in [0.717, 1.165) is 13.0 Å². The van der Waals surface area contributed by atoms with Crippen LogP contribution in [0.4, 0.5) is 0 Å². The van der Waals surface area contributed by atoms with Crippen molar-refractivity contribution in [2.24, 2.45) is 0 Å². The summed E-state index contributed by atoms with van der Waals surface area (Å²) in [7, 11) is 2.20. The van der Waals surface area contributed by atoms with Gasteiger partial charge in [0.2, 0.25) is 0 Å². The molecule has 0 spiro atoms. The van der Waals surface area contributed by atoms with Crippen LogP contribution in [0.25, 0.3) is 0 Å². The number of nitrogens with zero attached hydrogens (tertiary/aromatic N) is 2. The van der Waals surface area contributed by atoms with Crippen LogP contribution in [0.2, 0.25) is 0 Å². The Bertz CT molecular complexity index is 166. The van der Waals surface area contributed by atoms with E-state index in [1.165, 1.54) is 38.9 Å². The molecule has 2 fully saturated rings. The first-order valence-corrected chi connectivity index (χ1v) is 5.86. The Labute approximate surface area is 86.7 Å². The molecule has 0 aromatic carbocycles. The second-order valence-corrected chi connectivity index (χ2v) is 4.85. The van der Waals surface area contributed by atoms with E-state index < -0.39 is 0 Å². The summed E-state index contributed by atoms with van der Waals surface area (Å²) in [6.07, 6.45) is 4.72. The van der Waals surface area contributed by atoms with Crippen LogP contribution in [-0.4, -0.2) is 60.3 Å². The predicted molar refractivity (Wildman–Crippen MR) is 57.3 cm³/mol. The Hall–Kier alpha value is -0.120. The molecular formula is C11H22N2O. The highest BCUT2D eigenvalue weighted by molar-refractivity contribution is 4.83. The molecule has 0 radical (unpaired) electrons. The summed E-state index contributed by atoms with van der Waals surface area (Å²) in [4.78, 5) is 4.90. The van der Waals surface area contributed by atoms with Gasteiger partial charge in [0.25, 0.3) is 0 Å². The first kappa shape index (κ1) is 10.4. The van der Waals surface area contributed by atoms with E-state index in [1.54, 1.807) is 0 Å². The van der Waals surface area contributed by atoms with Crippen LogP contribution in [0.15, 0.2) is 0 Å². The van der Waals surface area contributed by atoms with Gasteiger partial charge < -0.3 is 10.0 Å². The number of hydrogen-bond acceptors (Lipinski definition) is 3. The molecule has 0 amide bonds. The molecule has 2 saturated heterocycles. The molecule has 0 aromatic heterocycles. The fourth-order valence-electron chi connectivity index (χ4n) is 2.75. The van der Waals surface area contributed by atoms with Gasteiger partial charge in [-0.15, -0.1) is 0 Å². The van der Waals surface area contributed by atoms with Crippen LogP contribution in [0.1, 0.15) is 25.7 Å². The number of β-amino-alcohol motifs (C(OH)–C–C–N with tert-alkyl or cyclic N) is 1. The van der Waals surface area contributed by atoms with Crippen molar-refractivity contribution in [3.05, 3.63) is 0 Å². The number of piperidine rings is 2. The van der Waals surface area contributed by atoms with Crippen LogP contribution in [0.5, 0.6) is 0 Å². The third-order valence-corrected chi connectivity index (χ3v) is 3.54. The van der Waals surface area contributed by atoms with Gasteiger partial charge >= 0.3 is 0 Å². The summed E-state index contributed by atoms with van der Waals surface area (Å²) < 4.78 is 0. The van der Waals surface area contributed by atoms with E-state index >= 15 is 0 Å². The fraction of sp³-hybridized carbons (Fsp3) is 1.00. The maximum absolute atomic E-state index is 9.62. The lowest BCUT2D eigenvalue weighted by Gasteiger charge is -2.41. The molecule has 0 aliphatic carbocycles. The van der Waals surface area contributed by atoms with Crippen molar-refractivity contribution in [2.75, 3.05) is 33.2 Å². The normalized spacial score (nSPS) is 37.3. The summed E-state index contributed by atoms with van der Waals surface area (Å²) in [5, 5.41) is 9.62. The minimum atomic E-state index is -0.0732. The Balaban J connectivity index is 1.86. The molecule has 0 saturated carbocycles. The van der Waals surface area contributed by atoms with Gasteiger partial charge in [-0.05, 0) is 45.8 Å². The minimum absolute atomic E-state index is 0.0732.